The largest absolute Gasteiger partial charge is 0.493 e. The predicted molar refractivity (Wildman–Crippen MR) is 91.7 cm³/mol. The standard InChI is InChI=1S/C16H13BrClNO4/c1-22-14-7-11(17)6-10(8-20)16(14)23-9-15(21)19-13-4-2-12(18)3-5-13/h2-8H,9H2,1H3,(H,19,21). The number of carbonyl (C=O) groups excluding carboxylic acids is 2. The van der Waals surface area contributed by atoms with E-state index < -0.39 is 0 Å². The molecule has 5 nitrogen and oxygen atoms in total. The first-order chi connectivity index (χ1) is 11.0. The average Bonchev–Trinajstić information content (AvgIpc) is 2.54. The van der Waals surface area contributed by atoms with Gasteiger partial charge in [0.2, 0.25) is 0 Å². The summed E-state index contributed by atoms with van der Waals surface area (Å²) in [6.45, 7) is -0.262. The van der Waals surface area contributed by atoms with E-state index in [2.05, 4.69) is 21.2 Å². The molecule has 0 bridgehead atoms. The van der Waals surface area contributed by atoms with E-state index in [1.807, 2.05) is 0 Å². The number of methoxy groups -OCH3 is 1. The van der Waals surface area contributed by atoms with Gasteiger partial charge < -0.3 is 14.8 Å². The van der Waals surface area contributed by atoms with Crippen LogP contribution in [0.1, 0.15) is 10.4 Å². The van der Waals surface area contributed by atoms with Crippen molar-refractivity contribution < 1.29 is 19.1 Å². The summed E-state index contributed by atoms with van der Waals surface area (Å²) in [5.74, 6) is 0.215. The third-order valence-corrected chi connectivity index (χ3v) is 3.58. The molecule has 1 N–H and O–H groups in total. The molecule has 0 unspecified atom stereocenters. The summed E-state index contributed by atoms with van der Waals surface area (Å²) in [5.41, 5.74) is 0.886. The summed E-state index contributed by atoms with van der Waals surface area (Å²) in [6, 6.07) is 9.93. The lowest BCUT2D eigenvalue weighted by molar-refractivity contribution is -0.118. The average molecular weight is 399 g/mol. The van der Waals surface area contributed by atoms with E-state index in [-0.39, 0.29) is 23.8 Å². The second-order valence-electron chi connectivity index (χ2n) is 4.49. The van der Waals surface area contributed by atoms with Gasteiger partial charge in [-0.15, -0.1) is 0 Å². The molecule has 0 saturated heterocycles. The van der Waals surface area contributed by atoms with E-state index in [4.69, 9.17) is 21.1 Å². The third kappa shape index (κ3) is 4.71. The number of hydrogen-bond acceptors (Lipinski definition) is 4. The molecule has 0 spiro atoms. The number of anilines is 1. The van der Waals surface area contributed by atoms with E-state index >= 15 is 0 Å². The Hall–Kier alpha value is -2.05. The van der Waals surface area contributed by atoms with Crippen LogP contribution in [-0.2, 0) is 4.79 Å². The molecular weight excluding hydrogens is 386 g/mol. The molecule has 7 heteroatoms. The summed E-state index contributed by atoms with van der Waals surface area (Å²) in [4.78, 5) is 23.1. The fourth-order valence-electron chi connectivity index (χ4n) is 1.85. The van der Waals surface area contributed by atoms with Crippen molar-refractivity contribution in [1.82, 2.24) is 0 Å². The number of ether oxygens (including phenoxy) is 2. The Kier molecular flexibility index (Phi) is 6.01. The molecule has 2 rings (SSSR count). The van der Waals surface area contributed by atoms with Crippen LogP contribution in [0.15, 0.2) is 40.9 Å². The normalized spacial score (nSPS) is 10.0. The first-order valence-corrected chi connectivity index (χ1v) is 7.71. The van der Waals surface area contributed by atoms with Crippen molar-refractivity contribution in [3.63, 3.8) is 0 Å². The topological polar surface area (TPSA) is 64.6 Å². The van der Waals surface area contributed by atoms with Crippen molar-refractivity contribution >= 4 is 45.4 Å². The first-order valence-electron chi connectivity index (χ1n) is 6.54. The lowest BCUT2D eigenvalue weighted by Crippen LogP contribution is -2.20. The fourth-order valence-corrected chi connectivity index (χ4v) is 2.43. The van der Waals surface area contributed by atoms with Gasteiger partial charge in [-0.05, 0) is 36.4 Å². The smallest absolute Gasteiger partial charge is 0.262 e. The second kappa shape index (κ2) is 7.99. The molecule has 23 heavy (non-hydrogen) atoms. The molecule has 0 heterocycles. The number of hydrogen-bond donors (Lipinski definition) is 1. The van der Waals surface area contributed by atoms with Gasteiger partial charge in [0.15, 0.2) is 24.4 Å². The molecule has 0 fully saturated rings. The van der Waals surface area contributed by atoms with E-state index in [9.17, 15) is 9.59 Å². The number of rotatable bonds is 6. The summed E-state index contributed by atoms with van der Waals surface area (Å²) < 4.78 is 11.3. The van der Waals surface area contributed by atoms with Crippen LogP contribution in [0, 0.1) is 0 Å². The van der Waals surface area contributed by atoms with Crippen molar-refractivity contribution in [2.24, 2.45) is 0 Å². The van der Waals surface area contributed by atoms with Gasteiger partial charge in [-0.1, -0.05) is 27.5 Å². The lowest BCUT2D eigenvalue weighted by Gasteiger charge is -2.13. The minimum absolute atomic E-state index is 0.219. The maximum Gasteiger partial charge on any atom is 0.262 e. The highest BCUT2D eigenvalue weighted by atomic mass is 79.9. The zero-order valence-electron chi connectivity index (χ0n) is 12.1. The second-order valence-corrected chi connectivity index (χ2v) is 5.84. The van der Waals surface area contributed by atoms with E-state index in [1.54, 1.807) is 36.4 Å². The molecule has 0 aromatic heterocycles. The van der Waals surface area contributed by atoms with Gasteiger partial charge in [0.25, 0.3) is 5.91 Å². The van der Waals surface area contributed by atoms with Gasteiger partial charge in [-0.3, -0.25) is 9.59 Å². The Labute approximate surface area is 146 Å². The van der Waals surface area contributed by atoms with Crippen molar-refractivity contribution in [2.75, 3.05) is 19.0 Å². The van der Waals surface area contributed by atoms with Gasteiger partial charge in [-0.2, -0.15) is 0 Å². The lowest BCUT2D eigenvalue weighted by atomic mass is 10.2. The van der Waals surface area contributed by atoms with Crippen LogP contribution in [0.2, 0.25) is 5.02 Å². The molecule has 2 aromatic rings. The van der Waals surface area contributed by atoms with Crippen molar-refractivity contribution in [1.29, 1.82) is 0 Å². The van der Waals surface area contributed by atoms with Crippen LogP contribution in [0.25, 0.3) is 0 Å². The van der Waals surface area contributed by atoms with Crippen molar-refractivity contribution in [3.8, 4) is 11.5 Å². The minimum Gasteiger partial charge on any atom is -0.493 e. The van der Waals surface area contributed by atoms with Crippen LogP contribution in [0.5, 0.6) is 11.5 Å². The Bertz CT molecular complexity index is 719. The third-order valence-electron chi connectivity index (χ3n) is 2.87. The number of aldehydes is 1. The Balaban J connectivity index is 2.06. The number of carbonyl (C=O) groups is 2. The van der Waals surface area contributed by atoms with Crippen LogP contribution >= 0.6 is 27.5 Å². The first kappa shape index (κ1) is 17.3. The maximum absolute atomic E-state index is 11.9. The zero-order valence-corrected chi connectivity index (χ0v) is 14.5. The van der Waals surface area contributed by atoms with Crippen LogP contribution in [0.3, 0.4) is 0 Å². The van der Waals surface area contributed by atoms with Crippen molar-refractivity contribution in [2.45, 2.75) is 0 Å². The highest BCUT2D eigenvalue weighted by Gasteiger charge is 2.14. The van der Waals surface area contributed by atoms with Crippen LogP contribution < -0.4 is 14.8 Å². The van der Waals surface area contributed by atoms with Crippen LogP contribution in [0.4, 0.5) is 5.69 Å². The van der Waals surface area contributed by atoms with E-state index in [0.717, 1.165) is 0 Å². The molecule has 0 aliphatic carbocycles. The molecule has 0 atom stereocenters. The number of nitrogens with one attached hydrogen (secondary N) is 1. The maximum atomic E-state index is 11.9. The number of halogens is 2. The quantitative estimate of drug-likeness (QED) is 0.749. The van der Waals surface area contributed by atoms with E-state index in [0.29, 0.717) is 27.2 Å². The summed E-state index contributed by atoms with van der Waals surface area (Å²) in [6.07, 6.45) is 0.639. The molecule has 2 aromatic carbocycles. The molecule has 0 saturated carbocycles. The summed E-state index contributed by atoms with van der Waals surface area (Å²) in [5, 5.41) is 3.24. The Morgan fingerprint density at radius 3 is 2.61 bits per heavy atom. The highest BCUT2D eigenvalue weighted by Crippen LogP contribution is 2.33. The minimum atomic E-state index is -0.367. The monoisotopic (exact) mass is 397 g/mol. The van der Waals surface area contributed by atoms with Crippen LogP contribution in [-0.4, -0.2) is 25.9 Å². The molecule has 0 aliphatic heterocycles. The van der Waals surface area contributed by atoms with Gasteiger partial charge in [0, 0.05) is 15.2 Å². The molecule has 0 radical (unpaired) electrons. The summed E-state index contributed by atoms with van der Waals surface area (Å²) in [7, 11) is 1.46. The predicted octanol–water partition coefficient (Wildman–Crippen LogP) is 3.94. The van der Waals surface area contributed by atoms with Crippen molar-refractivity contribution in [3.05, 3.63) is 51.5 Å². The zero-order chi connectivity index (χ0) is 16.8. The van der Waals surface area contributed by atoms with E-state index in [1.165, 1.54) is 7.11 Å². The molecule has 120 valence electrons. The van der Waals surface area contributed by atoms with Gasteiger partial charge in [0.05, 0.1) is 12.7 Å². The Morgan fingerprint density at radius 2 is 2.00 bits per heavy atom. The summed E-state index contributed by atoms with van der Waals surface area (Å²) >= 11 is 9.06. The molecule has 1 amide bonds. The fraction of sp³-hybridized carbons (Fsp3) is 0.125. The van der Waals surface area contributed by atoms with Gasteiger partial charge in [-0.25, -0.2) is 0 Å². The van der Waals surface area contributed by atoms with Gasteiger partial charge >= 0.3 is 0 Å². The van der Waals surface area contributed by atoms with Gasteiger partial charge in [0.1, 0.15) is 0 Å². The SMILES string of the molecule is COc1cc(Br)cc(C=O)c1OCC(=O)Nc1ccc(Cl)cc1. The Morgan fingerprint density at radius 1 is 1.30 bits per heavy atom. The molecular formula is C16H13BrClNO4. The number of benzene rings is 2. The number of amides is 1. The molecule has 0 aliphatic rings. The highest BCUT2D eigenvalue weighted by molar-refractivity contribution is 9.10.